The third-order valence-electron chi connectivity index (χ3n) is 6.16. The molecule has 29 heavy (non-hydrogen) atoms. The Morgan fingerprint density at radius 2 is 1.90 bits per heavy atom. The molecule has 0 radical (unpaired) electrons. The molecular formula is C24H30N4O. The molecule has 0 spiro atoms. The summed E-state index contributed by atoms with van der Waals surface area (Å²) < 4.78 is 2.10. The van der Waals surface area contributed by atoms with E-state index in [1.165, 1.54) is 0 Å². The molecule has 152 valence electrons. The fourth-order valence-electron chi connectivity index (χ4n) is 4.33. The molecule has 0 bridgehead atoms. The van der Waals surface area contributed by atoms with Crippen LogP contribution in [0, 0.1) is 19.8 Å². The number of fused-ring (bicyclic) bond motifs is 1. The first-order valence-electron chi connectivity index (χ1n) is 10.4. The zero-order valence-corrected chi connectivity index (χ0v) is 17.8. The first-order chi connectivity index (χ1) is 13.9. The summed E-state index contributed by atoms with van der Waals surface area (Å²) in [6.45, 7) is 7.02. The van der Waals surface area contributed by atoms with Gasteiger partial charge in [0, 0.05) is 53.7 Å². The number of piperidine rings is 1. The lowest BCUT2D eigenvalue weighted by atomic mass is 9.96. The summed E-state index contributed by atoms with van der Waals surface area (Å²) >= 11 is 0. The maximum absolute atomic E-state index is 13.2. The molecule has 0 aliphatic carbocycles. The zero-order valence-electron chi connectivity index (χ0n) is 17.8. The lowest BCUT2D eigenvalue weighted by Gasteiger charge is -2.29. The SMILES string of the molecule is Cc1ccc(-c2cc(C(=O)NCC3CCN(C)CC3)c3c(C)cn(C)c3c2)cn1. The van der Waals surface area contributed by atoms with Crippen LogP contribution in [0.3, 0.4) is 0 Å². The second kappa shape index (κ2) is 7.99. The highest BCUT2D eigenvalue weighted by atomic mass is 16.1. The summed E-state index contributed by atoms with van der Waals surface area (Å²) in [5.74, 6) is 0.581. The van der Waals surface area contributed by atoms with Gasteiger partial charge in [0.15, 0.2) is 0 Å². The summed E-state index contributed by atoms with van der Waals surface area (Å²) in [5.41, 5.74) is 5.99. The number of hydrogen-bond acceptors (Lipinski definition) is 3. The monoisotopic (exact) mass is 390 g/mol. The molecule has 5 heteroatoms. The Hall–Kier alpha value is -2.66. The van der Waals surface area contributed by atoms with Crippen LogP contribution in [0.4, 0.5) is 0 Å². The van der Waals surface area contributed by atoms with Crippen molar-refractivity contribution in [3.8, 4) is 11.1 Å². The molecule has 4 rings (SSSR count). The molecule has 1 aliphatic rings. The van der Waals surface area contributed by atoms with Crippen molar-refractivity contribution >= 4 is 16.8 Å². The molecule has 0 atom stereocenters. The lowest BCUT2D eigenvalue weighted by molar-refractivity contribution is 0.0940. The third-order valence-corrected chi connectivity index (χ3v) is 6.16. The summed E-state index contributed by atoms with van der Waals surface area (Å²) in [6, 6.07) is 8.25. The molecule has 5 nitrogen and oxygen atoms in total. The van der Waals surface area contributed by atoms with E-state index in [4.69, 9.17) is 0 Å². The number of carbonyl (C=O) groups is 1. The van der Waals surface area contributed by atoms with Gasteiger partial charge < -0.3 is 14.8 Å². The highest BCUT2D eigenvalue weighted by molar-refractivity contribution is 6.09. The lowest BCUT2D eigenvalue weighted by Crippen LogP contribution is -2.36. The highest BCUT2D eigenvalue weighted by Crippen LogP contribution is 2.31. The number of carbonyl (C=O) groups excluding carboxylic acids is 1. The highest BCUT2D eigenvalue weighted by Gasteiger charge is 2.20. The van der Waals surface area contributed by atoms with Gasteiger partial charge >= 0.3 is 0 Å². The van der Waals surface area contributed by atoms with Crippen molar-refractivity contribution in [3.63, 3.8) is 0 Å². The van der Waals surface area contributed by atoms with E-state index >= 15 is 0 Å². The van der Waals surface area contributed by atoms with Gasteiger partial charge in [0.1, 0.15) is 0 Å². The maximum atomic E-state index is 13.2. The van der Waals surface area contributed by atoms with Crippen molar-refractivity contribution < 1.29 is 4.79 Å². The van der Waals surface area contributed by atoms with E-state index in [1.54, 1.807) is 0 Å². The van der Waals surface area contributed by atoms with Crippen LogP contribution in [0.2, 0.25) is 0 Å². The van der Waals surface area contributed by atoms with Crippen LogP contribution < -0.4 is 5.32 Å². The van der Waals surface area contributed by atoms with E-state index in [0.717, 1.165) is 71.3 Å². The molecular weight excluding hydrogens is 360 g/mol. The number of nitrogens with zero attached hydrogens (tertiary/aromatic N) is 3. The van der Waals surface area contributed by atoms with Crippen LogP contribution in [-0.2, 0) is 7.05 Å². The molecule has 0 unspecified atom stereocenters. The average Bonchev–Trinajstić information content (AvgIpc) is 3.01. The molecule has 1 aromatic carbocycles. The van der Waals surface area contributed by atoms with E-state index in [-0.39, 0.29) is 5.91 Å². The van der Waals surface area contributed by atoms with Crippen LogP contribution in [0.15, 0.2) is 36.7 Å². The number of hydrogen-bond donors (Lipinski definition) is 1. The number of pyridine rings is 1. The van der Waals surface area contributed by atoms with Crippen LogP contribution in [0.1, 0.15) is 34.5 Å². The van der Waals surface area contributed by atoms with E-state index in [1.807, 2.05) is 32.3 Å². The molecule has 1 fully saturated rings. The molecule has 1 aliphatic heterocycles. The van der Waals surface area contributed by atoms with Crippen molar-refractivity contribution in [1.82, 2.24) is 19.8 Å². The largest absolute Gasteiger partial charge is 0.352 e. The van der Waals surface area contributed by atoms with Gasteiger partial charge in [-0.1, -0.05) is 6.07 Å². The van der Waals surface area contributed by atoms with Gasteiger partial charge in [-0.25, -0.2) is 0 Å². The van der Waals surface area contributed by atoms with Gasteiger partial charge in [0.05, 0.1) is 0 Å². The number of aromatic nitrogens is 2. The number of amides is 1. The van der Waals surface area contributed by atoms with Gasteiger partial charge in [-0.15, -0.1) is 0 Å². The van der Waals surface area contributed by atoms with Crippen LogP contribution in [-0.4, -0.2) is 47.0 Å². The van der Waals surface area contributed by atoms with E-state index in [2.05, 4.69) is 52.1 Å². The summed E-state index contributed by atoms with van der Waals surface area (Å²) in [6.07, 6.45) is 6.26. The van der Waals surface area contributed by atoms with Crippen molar-refractivity contribution in [3.05, 3.63) is 53.5 Å². The van der Waals surface area contributed by atoms with Gasteiger partial charge in [0.2, 0.25) is 0 Å². The standard InChI is InChI=1S/C24H30N4O/c1-16-15-28(4)22-12-20(19-6-5-17(2)25-14-19)11-21(23(16)22)24(29)26-13-18-7-9-27(3)10-8-18/h5-6,11-12,14-15,18H,7-10,13H2,1-4H3,(H,26,29). The number of likely N-dealkylation sites (tertiary alicyclic amines) is 1. The Morgan fingerprint density at radius 1 is 1.14 bits per heavy atom. The van der Waals surface area contributed by atoms with Gasteiger partial charge in [0.25, 0.3) is 5.91 Å². The van der Waals surface area contributed by atoms with Gasteiger partial charge in [-0.05, 0) is 82.1 Å². The molecule has 1 amide bonds. The predicted molar refractivity (Wildman–Crippen MR) is 118 cm³/mol. The van der Waals surface area contributed by atoms with Crippen LogP contribution in [0.5, 0.6) is 0 Å². The fraction of sp³-hybridized carbons (Fsp3) is 0.417. The minimum absolute atomic E-state index is 0.0187. The Kier molecular flexibility index (Phi) is 5.41. The second-order valence-electron chi connectivity index (χ2n) is 8.49. The molecule has 1 N–H and O–H groups in total. The number of aryl methyl sites for hydroxylation is 3. The van der Waals surface area contributed by atoms with Gasteiger partial charge in [-0.2, -0.15) is 0 Å². The molecule has 1 saturated heterocycles. The van der Waals surface area contributed by atoms with Crippen LogP contribution in [0.25, 0.3) is 22.0 Å². The Morgan fingerprint density at radius 3 is 2.59 bits per heavy atom. The summed E-state index contributed by atoms with van der Waals surface area (Å²) in [5, 5.41) is 4.26. The Labute approximate surface area is 172 Å². The molecule has 3 heterocycles. The predicted octanol–water partition coefficient (Wildman–Crippen LogP) is 3.93. The molecule has 0 saturated carbocycles. The van der Waals surface area contributed by atoms with E-state index in [0.29, 0.717) is 5.92 Å². The number of nitrogens with one attached hydrogen (secondary N) is 1. The van der Waals surface area contributed by atoms with Crippen molar-refractivity contribution in [2.24, 2.45) is 13.0 Å². The van der Waals surface area contributed by atoms with Crippen molar-refractivity contribution in [1.29, 1.82) is 0 Å². The first kappa shape index (κ1) is 19.6. The van der Waals surface area contributed by atoms with E-state index < -0.39 is 0 Å². The number of benzene rings is 1. The van der Waals surface area contributed by atoms with Crippen molar-refractivity contribution in [2.45, 2.75) is 26.7 Å². The Bertz CT molecular complexity index is 1030. The minimum Gasteiger partial charge on any atom is -0.352 e. The smallest absolute Gasteiger partial charge is 0.252 e. The first-order valence-corrected chi connectivity index (χ1v) is 10.4. The molecule has 2 aromatic heterocycles. The Balaban J connectivity index is 1.66. The molecule has 3 aromatic rings. The summed E-state index contributed by atoms with van der Waals surface area (Å²) in [4.78, 5) is 20.0. The van der Waals surface area contributed by atoms with Gasteiger partial charge in [-0.3, -0.25) is 9.78 Å². The quantitative estimate of drug-likeness (QED) is 0.734. The topological polar surface area (TPSA) is 50.2 Å². The fourth-order valence-corrected chi connectivity index (χ4v) is 4.33. The maximum Gasteiger partial charge on any atom is 0.252 e. The normalized spacial score (nSPS) is 15.7. The third kappa shape index (κ3) is 4.06. The number of rotatable bonds is 4. The van der Waals surface area contributed by atoms with Crippen molar-refractivity contribution in [2.75, 3.05) is 26.7 Å². The van der Waals surface area contributed by atoms with E-state index in [9.17, 15) is 4.79 Å². The zero-order chi connectivity index (χ0) is 20.5. The second-order valence-corrected chi connectivity index (χ2v) is 8.49. The van der Waals surface area contributed by atoms with Crippen LogP contribution >= 0.6 is 0 Å². The average molecular weight is 391 g/mol. The minimum atomic E-state index is 0.0187. The summed E-state index contributed by atoms with van der Waals surface area (Å²) in [7, 11) is 4.20.